The van der Waals surface area contributed by atoms with E-state index >= 15 is 0 Å². The molecule has 0 bridgehead atoms. The van der Waals surface area contributed by atoms with Crippen LogP contribution in [0.3, 0.4) is 0 Å². The Morgan fingerprint density at radius 3 is 2.73 bits per heavy atom. The summed E-state index contributed by atoms with van der Waals surface area (Å²) in [5.74, 6) is 1.87. The smallest absolute Gasteiger partial charge is 0.193 e. The average molecular weight is 476 g/mol. The molecule has 1 aromatic rings. The standard InChI is InChI=1S/C18H32N6O.HI/c1-16-4-3-7-22(14-16)8-6-20-18(19-2)24-11-9-23(10-12-24)15-17-5-13-25-21-17;/h5,13,16H,3-4,6-12,14-15H2,1-2H3,(H,19,20);1H. The summed E-state index contributed by atoms with van der Waals surface area (Å²) in [7, 11) is 1.88. The van der Waals surface area contributed by atoms with E-state index in [0.717, 1.165) is 63.4 Å². The zero-order valence-electron chi connectivity index (χ0n) is 16.1. The molecule has 1 unspecified atom stereocenters. The minimum absolute atomic E-state index is 0. The van der Waals surface area contributed by atoms with E-state index in [4.69, 9.17) is 4.52 Å². The third kappa shape index (κ3) is 6.38. The Hall–Kier alpha value is -0.870. The average Bonchev–Trinajstić information content (AvgIpc) is 3.13. The van der Waals surface area contributed by atoms with Gasteiger partial charge in [0.2, 0.25) is 0 Å². The van der Waals surface area contributed by atoms with Gasteiger partial charge in [0.15, 0.2) is 5.96 Å². The van der Waals surface area contributed by atoms with Gasteiger partial charge in [0.05, 0.1) is 5.69 Å². The van der Waals surface area contributed by atoms with Crippen LogP contribution in [-0.2, 0) is 6.54 Å². The molecule has 0 aromatic carbocycles. The van der Waals surface area contributed by atoms with Crippen LogP contribution in [0.15, 0.2) is 21.8 Å². The summed E-state index contributed by atoms with van der Waals surface area (Å²) < 4.78 is 4.91. The van der Waals surface area contributed by atoms with E-state index in [1.807, 2.05) is 13.1 Å². The van der Waals surface area contributed by atoms with Crippen LogP contribution in [0.25, 0.3) is 0 Å². The lowest BCUT2D eigenvalue weighted by Crippen LogP contribution is -2.53. The van der Waals surface area contributed by atoms with Crippen LogP contribution in [0.1, 0.15) is 25.5 Å². The monoisotopic (exact) mass is 476 g/mol. The Morgan fingerprint density at radius 1 is 1.27 bits per heavy atom. The molecule has 0 saturated carbocycles. The van der Waals surface area contributed by atoms with Crippen LogP contribution in [0.4, 0.5) is 0 Å². The molecule has 3 rings (SSSR count). The zero-order chi connectivity index (χ0) is 17.5. The lowest BCUT2D eigenvalue weighted by Gasteiger charge is -2.36. The second-order valence-corrected chi connectivity index (χ2v) is 7.28. The van der Waals surface area contributed by atoms with Gasteiger partial charge in [-0.3, -0.25) is 9.89 Å². The highest BCUT2D eigenvalue weighted by Crippen LogP contribution is 2.14. The summed E-state index contributed by atoms with van der Waals surface area (Å²) in [4.78, 5) is 11.8. The second kappa shape index (κ2) is 11.1. The molecule has 0 spiro atoms. The van der Waals surface area contributed by atoms with Crippen molar-refractivity contribution in [3.05, 3.63) is 18.0 Å². The van der Waals surface area contributed by atoms with E-state index in [0.29, 0.717) is 0 Å². The number of nitrogens with zero attached hydrogens (tertiary/aromatic N) is 5. The van der Waals surface area contributed by atoms with Gasteiger partial charge in [0.1, 0.15) is 6.26 Å². The molecule has 2 fully saturated rings. The van der Waals surface area contributed by atoms with Crippen molar-refractivity contribution in [2.24, 2.45) is 10.9 Å². The first-order valence-corrected chi connectivity index (χ1v) is 9.54. The molecule has 7 nitrogen and oxygen atoms in total. The summed E-state index contributed by atoms with van der Waals surface area (Å²) in [5, 5.41) is 7.55. The first-order valence-electron chi connectivity index (χ1n) is 9.54. The minimum atomic E-state index is 0. The number of halogens is 1. The van der Waals surface area contributed by atoms with Crippen LogP contribution in [0.5, 0.6) is 0 Å². The zero-order valence-corrected chi connectivity index (χ0v) is 18.4. The van der Waals surface area contributed by atoms with Crippen LogP contribution in [0.2, 0.25) is 0 Å². The molecule has 2 aliphatic rings. The molecule has 148 valence electrons. The topological polar surface area (TPSA) is 60.1 Å². The van der Waals surface area contributed by atoms with E-state index in [2.05, 4.69) is 37.1 Å². The summed E-state index contributed by atoms with van der Waals surface area (Å²) in [6.07, 6.45) is 4.36. The number of guanidine groups is 1. The lowest BCUT2D eigenvalue weighted by atomic mass is 10.0. The normalized spacial score (nSPS) is 22.9. The van der Waals surface area contributed by atoms with E-state index in [1.54, 1.807) is 6.26 Å². The van der Waals surface area contributed by atoms with Gasteiger partial charge < -0.3 is 19.6 Å². The highest BCUT2D eigenvalue weighted by Gasteiger charge is 2.21. The van der Waals surface area contributed by atoms with Gasteiger partial charge in [-0.2, -0.15) is 0 Å². The fraction of sp³-hybridized carbons (Fsp3) is 0.778. The molecule has 0 radical (unpaired) electrons. The first kappa shape index (κ1) is 21.4. The van der Waals surface area contributed by atoms with Crippen LogP contribution in [0, 0.1) is 5.92 Å². The fourth-order valence-electron chi connectivity index (χ4n) is 3.81. The minimum Gasteiger partial charge on any atom is -0.364 e. The lowest BCUT2D eigenvalue weighted by molar-refractivity contribution is 0.167. The maximum absolute atomic E-state index is 4.91. The van der Waals surface area contributed by atoms with Gasteiger partial charge in [-0.25, -0.2) is 0 Å². The highest BCUT2D eigenvalue weighted by atomic mass is 127. The Balaban J connectivity index is 0.00000243. The third-order valence-electron chi connectivity index (χ3n) is 5.21. The predicted octanol–water partition coefficient (Wildman–Crippen LogP) is 1.72. The number of aromatic nitrogens is 1. The van der Waals surface area contributed by atoms with Gasteiger partial charge >= 0.3 is 0 Å². The predicted molar refractivity (Wildman–Crippen MR) is 115 cm³/mol. The summed E-state index contributed by atoms with van der Waals surface area (Å²) in [5.41, 5.74) is 1.01. The maximum atomic E-state index is 4.91. The Morgan fingerprint density at radius 2 is 2.08 bits per heavy atom. The number of piperidine rings is 1. The van der Waals surface area contributed by atoms with Crippen molar-refractivity contribution in [2.45, 2.75) is 26.3 Å². The van der Waals surface area contributed by atoms with Crippen molar-refractivity contribution in [3.8, 4) is 0 Å². The number of aliphatic imine (C=N–C) groups is 1. The van der Waals surface area contributed by atoms with E-state index in [1.165, 1.54) is 25.9 Å². The van der Waals surface area contributed by atoms with Gasteiger partial charge in [0.25, 0.3) is 0 Å². The number of hydrogen-bond acceptors (Lipinski definition) is 5. The quantitative estimate of drug-likeness (QED) is 0.397. The molecule has 1 aromatic heterocycles. The molecule has 0 amide bonds. The van der Waals surface area contributed by atoms with E-state index in [9.17, 15) is 0 Å². The summed E-state index contributed by atoms with van der Waals surface area (Å²) in [6, 6.07) is 1.94. The first-order chi connectivity index (χ1) is 12.2. The van der Waals surface area contributed by atoms with Crippen molar-refractivity contribution < 1.29 is 4.52 Å². The van der Waals surface area contributed by atoms with Crippen molar-refractivity contribution in [2.75, 3.05) is 59.4 Å². The van der Waals surface area contributed by atoms with E-state index < -0.39 is 0 Å². The van der Waals surface area contributed by atoms with Gasteiger partial charge in [-0.1, -0.05) is 12.1 Å². The van der Waals surface area contributed by atoms with Crippen LogP contribution < -0.4 is 5.32 Å². The van der Waals surface area contributed by atoms with Gasteiger partial charge in [0, 0.05) is 65.5 Å². The molecule has 2 saturated heterocycles. The number of rotatable bonds is 5. The van der Waals surface area contributed by atoms with Crippen molar-refractivity contribution in [1.29, 1.82) is 0 Å². The molecule has 3 heterocycles. The largest absolute Gasteiger partial charge is 0.364 e. The van der Waals surface area contributed by atoms with Crippen LogP contribution in [-0.4, -0.2) is 85.2 Å². The molecule has 2 aliphatic heterocycles. The fourth-order valence-corrected chi connectivity index (χ4v) is 3.81. The van der Waals surface area contributed by atoms with Gasteiger partial charge in [-0.05, 0) is 25.3 Å². The number of nitrogens with one attached hydrogen (secondary N) is 1. The molecule has 1 atom stereocenters. The Labute approximate surface area is 174 Å². The Bertz CT molecular complexity index is 530. The molecular formula is C18H33IN6O. The number of piperazine rings is 1. The molecular weight excluding hydrogens is 443 g/mol. The van der Waals surface area contributed by atoms with E-state index in [-0.39, 0.29) is 24.0 Å². The van der Waals surface area contributed by atoms with Gasteiger partial charge in [-0.15, -0.1) is 24.0 Å². The number of likely N-dealkylation sites (tertiary alicyclic amines) is 1. The number of hydrogen-bond donors (Lipinski definition) is 1. The third-order valence-corrected chi connectivity index (χ3v) is 5.21. The van der Waals surface area contributed by atoms with Crippen molar-refractivity contribution in [3.63, 3.8) is 0 Å². The van der Waals surface area contributed by atoms with Crippen LogP contribution >= 0.6 is 24.0 Å². The summed E-state index contributed by atoms with van der Waals surface area (Å²) >= 11 is 0. The van der Waals surface area contributed by atoms with Crippen molar-refractivity contribution in [1.82, 2.24) is 25.2 Å². The highest BCUT2D eigenvalue weighted by molar-refractivity contribution is 14.0. The SMILES string of the molecule is CN=C(NCCN1CCCC(C)C1)N1CCN(Cc2ccon2)CC1.I. The molecule has 0 aliphatic carbocycles. The van der Waals surface area contributed by atoms with Crippen molar-refractivity contribution >= 4 is 29.9 Å². The Kier molecular flexibility index (Phi) is 9.13. The molecule has 26 heavy (non-hydrogen) atoms. The second-order valence-electron chi connectivity index (χ2n) is 7.28. The summed E-state index contributed by atoms with van der Waals surface area (Å²) in [6.45, 7) is 11.8. The maximum Gasteiger partial charge on any atom is 0.193 e. The molecule has 1 N–H and O–H groups in total. The molecule has 8 heteroatoms.